The van der Waals surface area contributed by atoms with E-state index in [1.807, 2.05) is 0 Å². The molecule has 14 heavy (non-hydrogen) atoms. The molecule has 0 aromatic carbocycles. The SMILES string of the molecule is OCCCC(C1CCOCC1)C1CC1. The van der Waals surface area contributed by atoms with E-state index in [4.69, 9.17) is 9.84 Å². The predicted octanol–water partition coefficient (Wildman–Crippen LogP) is 2.21. The average molecular weight is 198 g/mol. The molecular formula is C12H22O2. The topological polar surface area (TPSA) is 29.5 Å². The molecule has 0 bridgehead atoms. The molecule has 2 rings (SSSR count). The smallest absolute Gasteiger partial charge is 0.0468 e. The zero-order valence-corrected chi connectivity index (χ0v) is 8.95. The highest BCUT2D eigenvalue weighted by atomic mass is 16.5. The Morgan fingerprint density at radius 2 is 1.71 bits per heavy atom. The minimum atomic E-state index is 0.367. The van der Waals surface area contributed by atoms with Gasteiger partial charge in [0.1, 0.15) is 0 Å². The van der Waals surface area contributed by atoms with Crippen molar-refractivity contribution in [3.63, 3.8) is 0 Å². The molecule has 82 valence electrons. The molecule has 1 saturated heterocycles. The van der Waals surface area contributed by atoms with Gasteiger partial charge in [0.2, 0.25) is 0 Å². The number of hydrogen-bond acceptors (Lipinski definition) is 2. The maximum Gasteiger partial charge on any atom is 0.0468 e. The highest BCUT2D eigenvalue weighted by Gasteiger charge is 2.36. The molecule has 2 fully saturated rings. The molecule has 0 amide bonds. The maximum absolute atomic E-state index is 8.89. The van der Waals surface area contributed by atoms with Crippen molar-refractivity contribution in [1.29, 1.82) is 0 Å². The summed E-state index contributed by atoms with van der Waals surface area (Å²) >= 11 is 0. The van der Waals surface area contributed by atoms with E-state index in [-0.39, 0.29) is 0 Å². The van der Waals surface area contributed by atoms with Gasteiger partial charge in [0.05, 0.1) is 0 Å². The van der Waals surface area contributed by atoms with Gasteiger partial charge in [-0.3, -0.25) is 0 Å². The molecule has 2 nitrogen and oxygen atoms in total. The van der Waals surface area contributed by atoms with Crippen molar-refractivity contribution in [2.75, 3.05) is 19.8 Å². The lowest BCUT2D eigenvalue weighted by molar-refractivity contribution is 0.0391. The van der Waals surface area contributed by atoms with Crippen LogP contribution < -0.4 is 0 Å². The largest absolute Gasteiger partial charge is 0.396 e. The van der Waals surface area contributed by atoms with E-state index in [1.54, 1.807) is 0 Å². The quantitative estimate of drug-likeness (QED) is 0.734. The Bertz CT molecular complexity index is 160. The Balaban J connectivity index is 1.81. The molecule has 1 N–H and O–H groups in total. The van der Waals surface area contributed by atoms with E-state index in [1.165, 1.54) is 32.1 Å². The minimum Gasteiger partial charge on any atom is -0.396 e. The molecule has 0 spiro atoms. The van der Waals surface area contributed by atoms with E-state index in [2.05, 4.69) is 0 Å². The molecule has 2 aliphatic rings. The van der Waals surface area contributed by atoms with Crippen LogP contribution in [-0.2, 0) is 4.74 Å². The lowest BCUT2D eigenvalue weighted by Crippen LogP contribution is -2.25. The fourth-order valence-electron chi connectivity index (χ4n) is 2.85. The first-order valence-electron chi connectivity index (χ1n) is 6.10. The normalized spacial score (nSPS) is 26.4. The van der Waals surface area contributed by atoms with Gasteiger partial charge in [0.25, 0.3) is 0 Å². The Morgan fingerprint density at radius 1 is 1.07 bits per heavy atom. The van der Waals surface area contributed by atoms with Crippen molar-refractivity contribution >= 4 is 0 Å². The zero-order chi connectivity index (χ0) is 9.80. The Morgan fingerprint density at radius 3 is 2.29 bits per heavy atom. The highest BCUT2D eigenvalue weighted by Crippen LogP contribution is 2.45. The van der Waals surface area contributed by atoms with Gasteiger partial charge in [-0.25, -0.2) is 0 Å². The molecule has 1 saturated carbocycles. The third-order valence-corrected chi connectivity index (χ3v) is 3.79. The summed E-state index contributed by atoms with van der Waals surface area (Å²) in [6.45, 7) is 2.30. The third-order valence-electron chi connectivity index (χ3n) is 3.79. The molecule has 1 heterocycles. The summed E-state index contributed by atoms with van der Waals surface area (Å²) < 4.78 is 5.41. The van der Waals surface area contributed by atoms with Crippen molar-refractivity contribution in [3.05, 3.63) is 0 Å². The second-order valence-electron chi connectivity index (χ2n) is 4.82. The molecule has 1 unspecified atom stereocenters. The molecule has 2 heteroatoms. The van der Waals surface area contributed by atoms with Gasteiger partial charge >= 0.3 is 0 Å². The highest BCUT2D eigenvalue weighted by molar-refractivity contribution is 4.86. The van der Waals surface area contributed by atoms with E-state index < -0.39 is 0 Å². The summed E-state index contributed by atoms with van der Waals surface area (Å²) in [5.41, 5.74) is 0. The molecule has 1 aliphatic carbocycles. The van der Waals surface area contributed by atoms with E-state index in [0.29, 0.717) is 6.61 Å². The first kappa shape index (κ1) is 10.4. The van der Waals surface area contributed by atoms with Gasteiger partial charge in [0, 0.05) is 19.8 Å². The van der Waals surface area contributed by atoms with Crippen molar-refractivity contribution < 1.29 is 9.84 Å². The van der Waals surface area contributed by atoms with Crippen LogP contribution in [0.4, 0.5) is 0 Å². The van der Waals surface area contributed by atoms with Gasteiger partial charge in [-0.15, -0.1) is 0 Å². The van der Waals surface area contributed by atoms with Crippen LogP contribution in [0.2, 0.25) is 0 Å². The van der Waals surface area contributed by atoms with Gasteiger partial charge in [0.15, 0.2) is 0 Å². The summed E-state index contributed by atoms with van der Waals surface area (Å²) in [7, 11) is 0. The number of ether oxygens (including phenoxy) is 1. The molecule has 0 aromatic rings. The number of rotatable bonds is 5. The first-order valence-corrected chi connectivity index (χ1v) is 6.10. The fraction of sp³-hybridized carbons (Fsp3) is 1.00. The second-order valence-corrected chi connectivity index (χ2v) is 4.82. The molecule has 0 radical (unpaired) electrons. The van der Waals surface area contributed by atoms with E-state index >= 15 is 0 Å². The summed E-state index contributed by atoms with van der Waals surface area (Å²) in [6, 6.07) is 0. The van der Waals surface area contributed by atoms with Crippen molar-refractivity contribution in [2.24, 2.45) is 17.8 Å². The van der Waals surface area contributed by atoms with Crippen molar-refractivity contribution in [1.82, 2.24) is 0 Å². The first-order chi connectivity index (χ1) is 6.92. The monoisotopic (exact) mass is 198 g/mol. The molecule has 1 aliphatic heterocycles. The number of hydrogen-bond donors (Lipinski definition) is 1. The van der Waals surface area contributed by atoms with Gasteiger partial charge in [-0.05, 0) is 56.3 Å². The number of aliphatic hydroxyl groups excluding tert-OH is 1. The van der Waals surface area contributed by atoms with Crippen LogP contribution in [0.25, 0.3) is 0 Å². The maximum atomic E-state index is 8.89. The van der Waals surface area contributed by atoms with Crippen LogP contribution in [-0.4, -0.2) is 24.9 Å². The van der Waals surface area contributed by atoms with Crippen LogP contribution in [0.1, 0.15) is 38.5 Å². The lowest BCUT2D eigenvalue weighted by Gasteiger charge is -2.30. The summed E-state index contributed by atoms with van der Waals surface area (Å²) in [5, 5.41) is 8.89. The minimum absolute atomic E-state index is 0.367. The Labute approximate surface area is 86.6 Å². The zero-order valence-electron chi connectivity index (χ0n) is 8.95. The third kappa shape index (κ3) is 2.71. The number of aliphatic hydroxyl groups is 1. The fourth-order valence-corrected chi connectivity index (χ4v) is 2.85. The van der Waals surface area contributed by atoms with Gasteiger partial charge in [-0.2, -0.15) is 0 Å². The van der Waals surface area contributed by atoms with Crippen molar-refractivity contribution in [2.45, 2.75) is 38.5 Å². The van der Waals surface area contributed by atoms with Crippen LogP contribution in [0.3, 0.4) is 0 Å². The van der Waals surface area contributed by atoms with Crippen molar-refractivity contribution in [3.8, 4) is 0 Å². The second kappa shape index (κ2) is 5.13. The summed E-state index contributed by atoms with van der Waals surface area (Å²) in [5.74, 6) is 2.78. The van der Waals surface area contributed by atoms with Gasteiger partial charge < -0.3 is 9.84 Å². The standard InChI is InChI=1S/C12H22O2/c13-7-1-2-12(10-3-4-10)11-5-8-14-9-6-11/h10-13H,1-9H2. The molecule has 0 aromatic heterocycles. The summed E-state index contributed by atoms with van der Waals surface area (Å²) in [6.07, 6.45) is 7.63. The van der Waals surface area contributed by atoms with Crippen LogP contribution in [0, 0.1) is 17.8 Å². The van der Waals surface area contributed by atoms with Gasteiger partial charge in [-0.1, -0.05) is 0 Å². The van der Waals surface area contributed by atoms with Crippen LogP contribution in [0.15, 0.2) is 0 Å². The average Bonchev–Trinajstić information content (AvgIpc) is 3.04. The predicted molar refractivity (Wildman–Crippen MR) is 56.1 cm³/mol. The Hall–Kier alpha value is -0.0800. The molecular weight excluding hydrogens is 176 g/mol. The Kier molecular flexibility index (Phi) is 3.82. The lowest BCUT2D eigenvalue weighted by atomic mass is 9.80. The van der Waals surface area contributed by atoms with E-state index in [0.717, 1.165) is 37.4 Å². The molecule has 1 atom stereocenters. The van der Waals surface area contributed by atoms with Crippen LogP contribution in [0.5, 0.6) is 0 Å². The van der Waals surface area contributed by atoms with E-state index in [9.17, 15) is 0 Å². The summed E-state index contributed by atoms with van der Waals surface area (Å²) in [4.78, 5) is 0. The van der Waals surface area contributed by atoms with Crippen LogP contribution >= 0.6 is 0 Å².